The van der Waals surface area contributed by atoms with Crippen LogP contribution in [-0.2, 0) is 4.74 Å². The molecule has 0 aliphatic rings. The Bertz CT molecular complexity index is 591. The molecule has 2 rings (SSSR count). The highest BCUT2D eigenvalue weighted by atomic mass is 79.9. The fourth-order valence-electron chi connectivity index (χ4n) is 1.78. The van der Waals surface area contributed by atoms with Crippen molar-refractivity contribution in [3.63, 3.8) is 0 Å². The number of benzene rings is 2. The molecule has 0 saturated carbocycles. The van der Waals surface area contributed by atoms with E-state index in [9.17, 15) is 4.79 Å². The van der Waals surface area contributed by atoms with Crippen molar-refractivity contribution in [2.75, 3.05) is 0 Å². The average molecular weight is 319 g/mol. The van der Waals surface area contributed by atoms with Gasteiger partial charge in [0.05, 0.1) is 11.7 Å². The molecule has 0 spiro atoms. The van der Waals surface area contributed by atoms with Crippen molar-refractivity contribution in [2.45, 2.75) is 20.0 Å². The SMILES string of the molecule is CC(C)OC(=O)c1cccc(-c2cccc(Br)c2)c1. The third-order valence-corrected chi connectivity index (χ3v) is 3.09. The maximum Gasteiger partial charge on any atom is 0.338 e. The summed E-state index contributed by atoms with van der Waals surface area (Å²) in [5.74, 6) is -0.285. The summed E-state index contributed by atoms with van der Waals surface area (Å²) in [5.41, 5.74) is 2.64. The van der Waals surface area contributed by atoms with Gasteiger partial charge in [0.1, 0.15) is 0 Å². The molecule has 0 atom stereocenters. The molecule has 0 N–H and O–H groups in total. The van der Waals surface area contributed by atoms with Crippen LogP contribution in [0.4, 0.5) is 0 Å². The number of hydrogen-bond donors (Lipinski definition) is 0. The molecule has 2 aromatic carbocycles. The monoisotopic (exact) mass is 318 g/mol. The second kappa shape index (κ2) is 6.02. The van der Waals surface area contributed by atoms with Crippen molar-refractivity contribution < 1.29 is 9.53 Å². The maximum absolute atomic E-state index is 11.9. The van der Waals surface area contributed by atoms with E-state index in [2.05, 4.69) is 15.9 Å². The summed E-state index contributed by atoms with van der Waals surface area (Å²) in [6, 6.07) is 15.4. The molecule has 0 unspecified atom stereocenters. The highest BCUT2D eigenvalue weighted by molar-refractivity contribution is 9.10. The van der Waals surface area contributed by atoms with E-state index < -0.39 is 0 Å². The fraction of sp³-hybridized carbons (Fsp3) is 0.188. The van der Waals surface area contributed by atoms with Gasteiger partial charge in [0.25, 0.3) is 0 Å². The molecule has 0 aliphatic heterocycles. The van der Waals surface area contributed by atoms with Crippen LogP contribution in [0.3, 0.4) is 0 Å². The molecule has 0 amide bonds. The van der Waals surface area contributed by atoms with Crippen LogP contribution in [0.5, 0.6) is 0 Å². The van der Waals surface area contributed by atoms with Crippen LogP contribution in [0.2, 0.25) is 0 Å². The Morgan fingerprint density at radius 1 is 1.05 bits per heavy atom. The fourth-order valence-corrected chi connectivity index (χ4v) is 2.18. The molecule has 0 radical (unpaired) electrons. The number of carbonyl (C=O) groups excluding carboxylic acids is 1. The predicted molar refractivity (Wildman–Crippen MR) is 80.1 cm³/mol. The Kier molecular flexibility index (Phi) is 4.38. The molecule has 0 heterocycles. The highest BCUT2D eigenvalue weighted by Gasteiger charge is 2.10. The van der Waals surface area contributed by atoms with Gasteiger partial charge < -0.3 is 4.74 Å². The minimum Gasteiger partial charge on any atom is -0.459 e. The number of ether oxygens (including phenoxy) is 1. The van der Waals surface area contributed by atoms with Gasteiger partial charge in [0.15, 0.2) is 0 Å². The van der Waals surface area contributed by atoms with Crippen LogP contribution >= 0.6 is 15.9 Å². The Hall–Kier alpha value is -1.61. The van der Waals surface area contributed by atoms with Gasteiger partial charge in [0, 0.05) is 4.47 Å². The van der Waals surface area contributed by atoms with Crippen LogP contribution in [0.15, 0.2) is 53.0 Å². The smallest absolute Gasteiger partial charge is 0.338 e. The molecule has 2 aromatic rings. The van der Waals surface area contributed by atoms with Crippen LogP contribution < -0.4 is 0 Å². The van der Waals surface area contributed by atoms with Gasteiger partial charge in [-0.2, -0.15) is 0 Å². The molecule has 19 heavy (non-hydrogen) atoms. The Labute approximate surface area is 121 Å². The van der Waals surface area contributed by atoms with E-state index in [0.29, 0.717) is 5.56 Å². The number of halogens is 1. The maximum atomic E-state index is 11.9. The van der Waals surface area contributed by atoms with Crippen molar-refractivity contribution in [1.29, 1.82) is 0 Å². The van der Waals surface area contributed by atoms with Crippen LogP contribution in [0.1, 0.15) is 24.2 Å². The normalized spacial score (nSPS) is 10.5. The van der Waals surface area contributed by atoms with Gasteiger partial charge in [-0.25, -0.2) is 4.79 Å². The average Bonchev–Trinajstić information content (AvgIpc) is 2.38. The van der Waals surface area contributed by atoms with E-state index in [1.807, 2.05) is 56.3 Å². The largest absolute Gasteiger partial charge is 0.459 e. The van der Waals surface area contributed by atoms with Gasteiger partial charge >= 0.3 is 5.97 Å². The van der Waals surface area contributed by atoms with Crippen molar-refractivity contribution in [1.82, 2.24) is 0 Å². The van der Waals surface area contributed by atoms with E-state index in [0.717, 1.165) is 15.6 Å². The summed E-state index contributed by atoms with van der Waals surface area (Å²) in [6.45, 7) is 3.69. The lowest BCUT2D eigenvalue weighted by Crippen LogP contribution is -2.11. The van der Waals surface area contributed by atoms with E-state index in [-0.39, 0.29) is 12.1 Å². The quantitative estimate of drug-likeness (QED) is 0.768. The van der Waals surface area contributed by atoms with Crippen molar-refractivity contribution in [3.8, 4) is 11.1 Å². The number of hydrogen-bond acceptors (Lipinski definition) is 2. The lowest BCUT2D eigenvalue weighted by atomic mass is 10.0. The Balaban J connectivity index is 2.32. The lowest BCUT2D eigenvalue weighted by Gasteiger charge is -2.09. The van der Waals surface area contributed by atoms with E-state index in [1.54, 1.807) is 6.07 Å². The third-order valence-electron chi connectivity index (χ3n) is 2.60. The van der Waals surface area contributed by atoms with Crippen molar-refractivity contribution >= 4 is 21.9 Å². The van der Waals surface area contributed by atoms with Gasteiger partial charge in [0.2, 0.25) is 0 Å². The van der Waals surface area contributed by atoms with E-state index >= 15 is 0 Å². The standard InChI is InChI=1S/C16H15BrO2/c1-11(2)19-16(18)14-7-3-5-12(9-14)13-6-4-8-15(17)10-13/h3-11H,1-2H3. The van der Waals surface area contributed by atoms with Gasteiger partial charge in [-0.05, 0) is 49.2 Å². The summed E-state index contributed by atoms with van der Waals surface area (Å²) in [6.07, 6.45) is -0.109. The molecular formula is C16H15BrO2. The minimum atomic E-state index is -0.285. The second-order valence-corrected chi connectivity index (χ2v) is 5.46. The van der Waals surface area contributed by atoms with Crippen molar-refractivity contribution in [3.05, 3.63) is 58.6 Å². The van der Waals surface area contributed by atoms with E-state index in [4.69, 9.17) is 4.74 Å². The topological polar surface area (TPSA) is 26.3 Å². The van der Waals surface area contributed by atoms with Crippen LogP contribution in [-0.4, -0.2) is 12.1 Å². The predicted octanol–water partition coefficient (Wildman–Crippen LogP) is 4.68. The summed E-state index contributed by atoms with van der Waals surface area (Å²) in [5, 5.41) is 0. The summed E-state index contributed by atoms with van der Waals surface area (Å²) in [7, 11) is 0. The first-order valence-corrected chi connectivity index (χ1v) is 6.92. The first kappa shape index (κ1) is 13.8. The van der Waals surface area contributed by atoms with Gasteiger partial charge in [-0.3, -0.25) is 0 Å². The molecule has 98 valence electrons. The Morgan fingerprint density at radius 3 is 2.32 bits per heavy atom. The molecule has 0 saturated heterocycles. The zero-order valence-corrected chi connectivity index (χ0v) is 12.5. The molecule has 0 aromatic heterocycles. The minimum absolute atomic E-state index is 0.109. The number of carbonyl (C=O) groups is 1. The summed E-state index contributed by atoms with van der Waals surface area (Å²) in [4.78, 5) is 11.9. The molecule has 3 heteroatoms. The van der Waals surface area contributed by atoms with Gasteiger partial charge in [-0.15, -0.1) is 0 Å². The second-order valence-electron chi connectivity index (χ2n) is 4.55. The third kappa shape index (κ3) is 3.67. The van der Waals surface area contributed by atoms with E-state index in [1.165, 1.54) is 0 Å². The molecular weight excluding hydrogens is 304 g/mol. The number of rotatable bonds is 3. The first-order valence-electron chi connectivity index (χ1n) is 6.13. The van der Waals surface area contributed by atoms with Crippen LogP contribution in [0.25, 0.3) is 11.1 Å². The number of esters is 1. The molecule has 2 nitrogen and oxygen atoms in total. The van der Waals surface area contributed by atoms with Gasteiger partial charge in [-0.1, -0.05) is 40.2 Å². The zero-order chi connectivity index (χ0) is 13.8. The van der Waals surface area contributed by atoms with Crippen LogP contribution in [0, 0.1) is 0 Å². The molecule has 0 bridgehead atoms. The molecule has 0 aliphatic carbocycles. The Morgan fingerprint density at radius 2 is 1.68 bits per heavy atom. The first-order chi connectivity index (χ1) is 9.06. The summed E-state index contributed by atoms with van der Waals surface area (Å²) >= 11 is 3.45. The lowest BCUT2D eigenvalue weighted by molar-refractivity contribution is 0.0378. The van der Waals surface area contributed by atoms with Crippen molar-refractivity contribution in [2.24, 2.45) is 0 Å². The molecule has 0 fully saturated rings. The highest BCUT2D eigenvalue weighted by Crippen LogP contribution is 2.24. The zero-order valence-electron chi connectivity index (χ0n) is 10.9. The summed E-state index contributed by atoms with van der Waals surface area (Å²) < 4.78 is 6.22.